The summed E-state index contributed by atoms with van der Waals surface area (Å²) in [6.45, 7) is 0.246. The van der Waals surface area contributed by atoms with Crippen LogP contribution in [0.25, 0.3) is 0 Å². The summed E-state index contributed by atoms with van der Waals surface area (Å²) < 4.78 is -0.0659. The summed E-state index contributed by atoms with van der Waals surface area (Å²) in [7, 11) is 0. The maximum absolute atomic E-state index is 13.2. The van der Waals surface area contributed by atoms with Crippen LogP contribution in [0.1, 0.15) is 18.5 Å². The van der Waals surface area contributed by atoms with E-state index >= 15 is 0 Å². The van der Waals surface area contributed by atoms with Crippen LogP contribution in [0.2, 0.25) is 0 Å². The van der Waals surface area contributed by atoms with Crippen molar-refractivity contribution in [1.82, 2.24) is 20.2 Å². The van der Waals surface area contributed by atoms with Gasteiger partial charge < -0.3 is 26.7 Å². The molecule has 3 aliphatic heterocycles. The van der Waals surface area contributed by atoms with Gasteiger partial charge in [0, 0.05) is 16.9 Å². The van der Waals surface area contributed by atoms with Gasteiger partial charge in [0.25, 0.3) is 11.8 Å². The number of hydrogen-bond acceptors (Lipinski definition) is 14. The van der Waals surface area contributed by atoms with E-state index in [1.54, 1.807) is 15.9 Å². The van der Waals surface area contributed by atoms with Crippen molar-refractivity contribution in [3.05, 3.63) is 34.5 Å². The number of nitrogens with one attached hydrogen (secondary N) is 1. The summed E-state index contributed by atoms with van der Waals surface area (Å²) in [4.78, 5) is 49.4. The molecular formula is C21H24N8O5S4. The third-order valence-corrected chi connectivity index (χ3v) is 10.5. The number of fused-ring (bicyclic) bond motifs is 1. The summed E-state index contributed by atoms with van der Waals surface area (Å²) in [6.07, 6.45) is 5.18. The Morgan fingerprint density at radius 3 is 2.92 bits per heavy atom. The van der Waals surface area contributed by atoms with Gasteiger partial charge in [-0.15, -0.1) is 34.9 Å². The molecule has 0 aromatic carbocycles. The molecule has 0 saturated carbocycles. The first-order chi connectivity index (χ1) is 18.4. The molecule has 2 amide bonds. The Labute approximate surface area is 234 Å². The van der Waals surface area contributed by atoms with Gasteiger partial charge in [0.2, 0.25) is 0 Å². The Morgan fingerprint density at radius 2 is 2.24 bits per heavy atom. The Morgan fingerprint density at radius 1 is 1.39 bits per heavy atom. The zero-order valence-corrected chi connectivity index (χ0v) is 23.0. The van der Waals surface area contributed by atoms with Crippen LogP contribution in [-0.2, 0) is 19.2 Å². The average Bonchev–Trinajstić information content (AvgIpc) is 3.68. The third-order valence-electron chi connectivity index (χ3n) is 5.97. The molecule has 0 spiro atoms. The van der Waals surface area contributed by atoms with Crippen molar-refractivity contribution >= 4 is 80.8 Å². The van der Waals surface area contributed by atoms with E-state index in [2.05, 4.69) is 20.6 Å². The van der Waals surface area contributed by atoms with E-state index < -0.39 is 29.2 Å². The molecule has 1 fully saturated rings. The van der Waals surface area contributed by atoms with E-state index in [0.29, 0.717) is 17.1 Å². The first-order valence-corrected chi connectivity index (χ1v) is 15.4. The van der Waals surface area contributed by atoms with Gasteiger partial charge in [0.05, 0.1) is 12.2 Å². The number of carbonyl (C=O) groups is 3. The van der Waals surface area contributed by atoms with Crippen LogP contribution in [0.15, 0.2) is 39.1 Å². The molecule has 4 aliphatic rings. The Bertz CT molecular complexity index is 1250. The molecule has 3 unspecified atom stereocenters. The van der Waals surface area contributed by atoms with Gasteiger partial charge in [0.1, 0.15) is 33.6 Å². The summed E-state index contributed by atoms with van der Waals surface area (Å²) >= 11 is 5.53. The monoisotopic (exact) mass is 596 g/mol. The lowest BCUT2D eigenvalue weighted by atomic mass is 10.0. The fourth-order valence-electron chi connectivity index (χ4n) is 4.11. The molecule has 0 radical (unpaired) electrons. The zero-order chi connectivity index (χ0) is 26.8. The molecule has 38 heavy (non-hydrogen) atoms. The number of anilines is 1. The molecule has 6 N–H and O–H groups in total. The Balaban J connectivity index is 1.28. The van der Waals surface area contributed by atoms with Gasteiger partial charge >= 0.3 is 5.97 Å². The molecule has 4 atom stereocenters. The maximum atomic E-state index is 13.2. The lowest BCUT2D eigenvalue weighted by Crippen LogP contribution is -2.71. The molecule has 4 heterocycles. The Hall–Kier alpha value is -2.73. The molecular weight excluding hydrogens is 573 g/mol. The lowest BCUT2D eigenvalue weighted by Gasteiger charge is -2.49. The number of allylic oxidation sites excluding steroid dienone is 1. The smallest absolute Gasteiger partial charge is 0.352 e. The van der Waals surface area contributed by atoms with Crippen LogP contribution in [0.3, 0.4) is 0 Å². The van der Waals surface area contributed by atoms with Crippen molar-refractivity contribution in [1.29, 1.82) is 0 Å². The molecule has 5 rings (SSSR count). The SMILES string of the molecule is NCN1N=CSC1SCC1=C(C(=O)O)N2C(=O)C(NC(=O)C(=NOC3C=CCC3)c3csc(N)n3)[C@H]2SC1. The van der Waals surface area contributed by atoms with Crippen molar-refractivity contribution < 1.29 is 24.3 Å². The van der Waals surface area contributed by atoms with Crippen molar-refractivity contribution in [2.24, 2.45) is 16.0 Å². The number of nitrogens with two attached hydrogens (primary N) is 2. The van der Waals surface area contributed by atoms with E-state index in [4.69, 9.17) is 16.3 Å². The second kappa shape index (κ2) is 11.6. The number of carboxylic acid groups (broad SMARTS) is 1. The van der Waals surface area contributed by atoms with Gasteiger partial charge in [-0.1, -0.05) is 23.0 Å². The predicted octanol–water partition coefficient (Wildman–Crippen LogP) is 0.828. The number of thioether (sulfide) groups is 3. The molecule has 13 nitrogen and oxygen atoms in total. The highest BCUT2D eigenvalue weighted by atomic mass is 32.2. The van der Waals surface area contributed by atoms with Crippen LogP contribution in [0, 0.1) is 0 Å². The topological polar surface area (TPSA) is 189 Å². The number of hydrogen-bond donors (Lipinski definition) is 4. The van der Waals surface area contributed by atoms with Gasteiger partial charge in [-0.2, -0.15) is 5.10 Å². The normalized spacial score (nSPS) is 26.6. The second-order valence-electron chi connectivity index (χ2n) is 8.38. The molecule has 1 aliphatic carbocycles. The van der Waals surface area contributed by atoms with E-state index in [9.17, 15) is 19.5 Å². The van der Waals surface area contributed by atoms with Crippen molar-refractivity contribution in [2.45, 2.75) is 35.1 Å². The summed E-state index contributed by atoms with van der Waals surface area (Å²) in [5.41, 5.74) is 13.9. The van der Waals surface area contributed by atoms with Gasteiger partial charge in [-0.25, -0.2) is 9.78 Å². The lowest BCUT2D eigenvalue weighted by molar-refractivity contribution is -0.150. The predicted molar refractivity (Wildman–Crippen MR) is 149 cm³/mol. The van der Waals surface area contributed by atoms with Crippen LogP contribution in [0.4, 0.5) is 5.13 Å². The molecule has 202 valence electrons. The fraction of sp³-hybridized carbons (Fsp3) is 0.429. The summed E-state index contributed by atoms with van der Waals surface area (Å²) in [6, 6.07) is -0.921. The van der Waals surface area contributed by atoms with Crippen LogP contribution < -0.4 is 16.8 Å². The number of amides is 2. The molecule has 1 saturated heterocycles. The first kappa shape index (κ1) is 26.9. The van der Waals surface area contributed by atoms with Crippen molar-refractivity contribution in [3.8, 4) is 0 Å². The van der Waals surface area contributed by atoms with Crippen molar-refractivity contribution in [3.63, 3.8) is 0 Å². The van der Waals surface area contributed by atoms with E-state index in [0.717, 1.165) is 24.2 Å². The van der Waals surface area contributed by atoms with Crippen molar-refractivity contribution in [2.75, 3.05) is 23.9 Å². The van der Waals surface area contributed by atoms with Gasteiger partial charge in [-0.05, 0) is 24.5 Å². The van der Waals surface area contributed by atoms with Gasteiger partial charge in [0.15, 0.2) is 10.8 Å². The number of nitrogen functional groups attached to an aromatic ring is 1. The quantitative estimate of drug-likeness (QED) is 0.129. The number of carboxylic acids is 1. The minimum absolute atomic E-state index is 0.0440. The summed E-state index contributed by atoms with van der Waals surface area (Å²) in [5.74, 6) is -1.55. The second-order valence-corrected chi connectivity index (χ2v) is 12.7. The standard InChI is InChI=1S/C21H24N8O5S4/c22-8-28-21(38-9-24-28)37-6-10-5-35-18-14(17(31)29(18)15(10)19(32)33)26-16(30)13(12-7-36-20(23)25-12)27-34-11-3-1-2-4-11/h1,3,7,9,11,14,18,21H,2,4-6,8,22H2,(H2,23,25)(H,26,30)(H,32,33)/t11?,14?,18-,21?/m1/s1. The molecule has 17 heteroatoms. The number of oxime groups is 1. The third kappa shape index (κ3) is 5.38. The van der Waals surface area contributed by atoms with E-state index in [1.807, 2.05) is 12.2 Å². The number of nitrogens with zero attached hydrogens (tertiary/aromatic N) is 5. The van der Waals surface area contributed by atoms with E-state index in [-0.39, 0.29) is 39.7 Å². The van der Waals surface area contributed by atoms with Gasteiger partial charge in [-0.3, -0.25) is 19.5 Å². The highest BCUT2D eigenvalue weighted by Crippen LogP contribution is 2.42. The van der Waals surface area contributed by atoms with Crippen LogP contribution in [0.5, 0.6) is 0 Å². The zero-order valence-electron chi connectivity index (χ0n) is 19.8. The maximum Gasteiger partial charge on any atom is 0.352 e. The number of carbonyl (C=O) groups excluding carboxylic acids is 2. The van der Waals surface area contributed by atoms with E-state index in [1.165, 1.54) is 40.2 Å². The number of hydrazone groups is 1. The number of rotatable bonds is 10. The minimum atomic E-state index is -1.19. The summed E-state index contributed by atoms with van der Waals surface area (Å²) in [5, 5.41) is 23.8. The largest absolute Gasteiger partial charge is 0.477 e. The molecule has 1 aromatic rings. The molecule has 0 bridgehead atoms. The van der Waals surface area contributed by atoms with Crippen LogP contribution >= 0.6 is 46.6 Å². The minimum Gasteiger partial charge on any atom is -0.477 e. The highest BCUT2D eigenvalue weighted by Gasteiger charge is 2.54. The number of aromatic nitrogens is 1. The number of aliphatic carboxylic acids is 1. The number of thiazole rings is 1. The average molecular weight is 597 g/mol. The Kier molecular flexibility index (Phi) is 8.18. The number of β-lactam (4-membered cyclic amide) rings is 1. The molecule has 1 aromatic heterocycles. The fourth-order valence-corrected chi connectivity index (χ4v) is 8.26. The first-order valence-electron chi connectivity index (χ1n) is 11.5. The highest BCUT2D eigenvalue weighted by molar-refractivity contribution is 8.24. The van der Waals surface area contributed by atoms with Crippen LogP contribution in [-0.4, -0.2) is 89.4 Å².